The molecule has 1 aromatic carbocycles. The number of aryl methyl sites for hydroxylation is 1. The van der Waals surface area contributed by atoms with Crippen molar-refractivity contribution in [2.45, 2.75) is 19.1 Å². The molecule has 2 amide bonds. The van der Waals surface area contributed by atoms with E-state index < -0.39 is 12.1 Å². The van der Waals surface area contributed by atoms with Crippen LogP contribution in [-0.2, 0) is 16.6 Å². The van der Waals surface area contributed by atoms with Crippen molar-refractivity contribution in [2.75, 3.05) is 13.6 Å². The van der Waals surface area contributed by atoms with Crippen LogP contribution in [0.2, 0.25) is 0 Å². The number of carbonyl (C=O) groups excluding carboxylic acids is 2. The Labute approximate surface area is 184 Å². The molecule has 0 saturated carbocycles. The summed E-state index contributed by atoms with van der Waals surface area (Å²) in [6, 6.07) is 9.11. The summed E-state index contributed by atoms with van der Waals surface area (Å²) in [5.74, 6) is -0.537. The van der Waals surface area contributed by atoms with E-state index in [-0.39, 0.29) is 24.1 Å². The fraction of sp³-hybridized carbons (Fsp3) is 0.286. The maximum atomic E-state index is 12.9. The number of amides is 2. The molecule has 3 rings (SSSR count). The lowest BCUT2D eigenvalue weighted by atomic mass is 10.1. The van der Waals surface area contributed by atoms with Crippen LogP contribution in [-0.4, -0.2) is 60.3 Å². The van der Waals surface area contributed by atoms with Gasteiger partial charge >= 0.3 is 0 Å². The predicted molar refractivity (Wildman–Crippen MR) is 121 cm³/mol. The van der Waals surface area contributed by atoms with Crippen LogP contribution in [0.15, 0.2) is 47.5 Å². The zero-order valence-electron chi connectivity index (χ0n) is 16.8. The van der Waals surface area contributed by atoms with Gasteiger partial charge in [-0.2, -0.15) is 0 Å². The molecule has 2 unspecified atom stereocenters. The number of hydrogen-bond acceptors (Lipinski definition) is 6. The number of aliphatic hydroxyl groups excluding tert-OH is 1. The number of aromatic nitrogens is 1. The van der Waals surface area contributed by atoms with E-state index in [1.54, 1.807) is 32.2 Å². The minimum atomic E-state index is -0.921. The van der Waals surface area contributed by atoms with Crippen LogP contribution < -0.4 is 0 Å². The lowest BCUT2D eigenvalue weighted by Gasteiger charge is -2.28. The molecular formula is C21H23N3O4S2. The molecule has 7 nitrogen and oxygen atoms in total. The summed E-state index contributed by atoms with van der Waals surface area (Å²) in [6.45, 7) is 1.67. The van der Waals surface area contributed by atoms with Crippen molar-refractivity contribution in [3.05, 3.63) is 58.8 Å². The Bertz CT molecular complexity index is 1000. The summed E-state index contributed by atoms with van der Waals surface area (Å²) in [4.78, 5) is 29.0. The van der Waals surface area contributed by atoms with Crippen molar-refractivity contribution in [1.29, 1.82) is 0 Å². The first-order chi connectivity index (χ1) is 14.2. The highest BCUT2D eigenvalue weighted by atomic mass is 32.2. The lowest BCUT2D eigenvalue weighted by Crippen LogP contribution is -2.48. The summed E-state index contributed by atoms with van der Waals surface area (Å²) in [5.41, 5.74) is 1.44. The number of phenols is 1. The van der Waals surface area contributed by atoms with Gasteiger partial charge in [0, 0.05) is 26.0 Å². The van der Waals surface area contributed by atoms with E-state index in [0.717, 1.165) is 5.69 Å². The molecule has 30 heavy (non-hydrogen) atoms. The molecular weight excluding hydrogens is 422 g/mol. The fourth-order valence-corrected chi connectivity index (χ4v) is 4.56. The molecule has 1 fully saturated rings. The minimum Gasteiger partial charge on any atom is -0.508 e. The molecule has 2 N–H and O–H groups in total. The molecule has 9 heteroatoms. The van der Waals surface area contributed by atoms with E-state index in [1.165, 1.54) is 33.7 Å². The van der Waals surface area contributed by atoms with E-state index >= 15 is 0 Å². The normalized spacial score (nSPS) is 17.5. The summed E-state index contributed by atoms with van der Waals surface area (Å²) in [5, 5.41) is 19.8. The Morgan fingerprint density at radius 3 is 2.57 bits per heavy atom. The average molecular weight is 446 g/mol. The first-order valence-electron chi connectivity index (χ1n) is 9.29. The minimum absolute atomic E-state index is 0.0436. The molecule has 1 aromatic heterocycles. The third-order valence-electron chi connectivity index (χ3n) is 4.93. The molecule has 0 spiro atoms. The zero-order chi connectivity index (χ0) is 22.0. The number of likely N-dealkylation sites (N-methyl/N-ethyl adjacent to an activating group) is 1. The van der Waals surface area contributed by atoms with Crippen LogP contribution in [0.4, 0.5) is 0 Å². The van der Waals surface area contributed by atoms with E-state index in [1.807, 2.05) is 29.9 Å². The van der Waals surface area contributed by atoms with Gasteiger partial charge in [-0.3, -0.25) is 14.5 Å². The predicted octanol–water partition coefficient (Wildman–Crippen LogP) is 2.51. The fourth-order valence-electron chi connectivity index (χ4n) is 3.15. The van der Waals surface area contributed by atoms with Gasteiger partial charge in [0.15, 0.2) is 0 Å². The Hall–Kier alpha value is -2.62. The van der Waals surface area contributed by atoms with Crippen molar-refractivity contribution in [1.82, 2.24) is 14.4 Å². The van der Waals surface area contributed by atoms with Crippen LogP contribution in [0.5, 0.6) is 5.75 Å². The topological polar surface area (TPSA) is 86.0 Å². The molecule has 1 aliphatic rings. The van der Waals surface area contributed by atoms with E-state index in [4.69, 9.17) is 12.2 Å². The monoisotopic (exact) mass is 445 g/mol. The Morgan fingerprint density at radius 2 is 1.97 bits per heavy atom. The van der Waals surface area contributed by atoms with Gasteiger partial charge in [0.05, 0.1) is 17.6 Å². The second kappa shape index (κ2) is 9.03. The van der Waals surface area contributed by atoms with Crippen molar-refractivity contribution in [3.63, 3.8) is 0 Å². The Balaban J connectivity index is 1.69. The number of aliphatic hydroxyl groups is 1. The van der Waals surface area contributed by atoms with Gasteiger partial charge in [0.1, 0.15) is 16.1 Å². The zero-order valence-corrected chi connectivity index (χ0v) is 18.5. The molecule has 0 radical (unpaired) electrons. The van der Waals surface area contributed by atoms with Crippen LogP contribution in [0, 0.1) is 0 Å². The van der Waals surface area contributed by atoms with Gasteiger partial charge in [-0.1, -0.05) is 36.1 Å². The van der Waals surface area contributed by atoms with Gasteiger partial charge in [-0.25, -0.2) is 0 Å². The molecule has 1 aliphatic heterocycles. The lowest BCUT2D eigenvalue weighted by molar-refractivity contribution is -0.139. The van der Waals surface area contributed by atoms with E-state index in [0.29, 0.717) is 14.8 Å². The first-order valence-corrected chi connectivity index (χ1v) is 10.5. The van der Waals surface area contributed by atoms with Gasteiger partial charge < -0.3 is 19.7 Å². The molecule has 0 bridgehead atoms. The summed E-state index contributed by atoms with van der Waals surface area (Å²) < 4.78 is 2.22. The van der Waals surface area contributed by atoms with Crippen molar-refractivity contribution in [2.24, 2.45) is 7.05 Å². The quantitative estimate of drug-likeness (QED) is 0.525. The third-order valence-corrected chi connectivity index (χ3v) is 6.26. The third kappa shape index (κ3) is 4.58. The molecule has 2 heterocycles. The Kier molecular flexibility index (Phi) is 6.64. The maximum absolute atomic E-state index is 12.9. The number of phenolic OH excluding ortho intramolecular Hbond substituents is 1. The average Bonchev–Trinajstić information content (AvgIpc) is 3.23. The number of carbonyl (C=O) groups is 2. The SMILES string of the molecule is CC(C(=O)N(C)CC(O)c1ccc(O)cc1)N1C(=O)C(=Cc2cccn2C)SC1=S. The number of aromatic hydroxyl groups is 1. The smallest absolute Gasteiger partial charge is 0.266 e. The Morgan fingerprint density at radius 1 is 1.30 bits per heavy atom. The van der Waals surface area contributed by atoms with Crippen LogP contribution in [0.1, 0.15) is 24.3 Å². The van der Waals surface area contributed by atoms with Crippen molar-refractivity contribution in [3.8, 4) is 5.75 Å². The highest BCUT2D eigenvalue weighted by Crippen LogP contribution is 2.34. The van der Waals surface area contributed by atoms with Crippen molar-refractivity contribution >= 4 is 46.2 Å². The standard InChI is InChI=1S/C21H23N3O4S2/c1-13(19(27)23(3)12-17(26)14-6-8-16(25)9-7-14)24-20(28)18(30-21(24)29)11-15-5-4-10-22(15)2/h4-11,13,17,25-26H,12H2,1-3H3. The highest BCUT2D eigenvalue weighted by molar-refractivity contribution is 8.26. The second-order valence-electron chi connectivity index (χ2n) is 7.10. The van der Waals surface area contributed by atoms with Gasteiger partial charge in [-0.15, -0.1) is 0 Å². The van der Waals surface area contributed by atoms with Gasteiger partial charge in [-0.05, 0) is 42.8 Å². The first kappa shape index (κ1) is 22.1. The number of hydrogen-bond donors (Lipinski definition) is 2. The molecule has 2 aromatic rings. The van der Waals surface area contributed by atoms with E-state index in [9.17, 15) is 19.8 Å². The molecule has 1 saturated heterocycles. The number of benzene rings is 1. The summed E-state index contributed by atoms with van der Waals surface area (Å²) >= 11 is 6.53. The van der Waals surface area contributed by atoms with Gasteiger partial charge in [0.2, 0.25) is 5.91 Å². The van der Waals surface area contributed by atoms with E-state index in [2.05, 4.69) is 0 Å². The van der Waals surface area contributed by atoms with Crippen LogP contribution in [0.3, 0.4) is 0 Å². The van der Waals surface area contributed by atoms with Crippen LogP contribution in [0.25, 0.3) is 6.08 Å². The number of nitrogens with zero attached hydrogens (tertiary/aromatic N) is 3. The second-order valence-corrected chi connectivity index (χ2v) is 8.77. The molecule has 2 atom stereocenters. The van der Waals surface area contributed by atoms with Crippen molar-refractivity contribution < 1.29 is 19.8 Å². The van der Waals surface area contributed by atoms with Crippen LogP contribution >= 0.6 is 24.0 Å². The largest absolute Gasteiger partial charge is 0.508 e. The molecule has 158 valence electrons. The summed E-state index contributed by atoms with van der Waals surface area (Å²) in [6.07, 6.45) is 2.72. The number of rotatable bonds is 6. The highest BCUT2D eigenvalue weighted by Gasteiger charge is 2.39. The van der Waals surface area contributed by atoms with Gasteiger partial charge in [0.25, 0.3) is 5.91 Å². The maximum Gasteiger partial charge on any atom is 0.266 e. The summed E-state index contributed by atoms with van der Waals surface area (Å²) in [7, 11) is 3.45. The molecule has 0 aliphatic carbocycles. The number of thiocarbonyl (C=S) groups is 1. The number of thioether (sulfide) groups is 1.